The minimum atomic E-state index is -0.162. The third-order valence-corrected chi connectivity index (χ3v) is 5.85. The molecule has 4 heteroatoms. The van der Waals surface area contributed by atoms with Gasteiger partial charge in [0.15, 0.2) is 0 Å². The van der Waals surface area contributed by atoms with E-state index in [0.717, 1.165) is 31.1 Å². The minimum absolute atomic E-state index is 0.133. The smallest absolute Gasteiger partial charge is 0.410 e. The van der Waals surface area contributed by atoms with E-state index in [4.69, 9.17) is 4.74 Å². The number of halogens is 1. The molecule has 1 heterocycles. The second-order valence-corrected chi connectivity index (χ2v) is 7.56. The van der Waals surface area contributed by atoms with Gasteiger partial charge in [-0.15, -0.1) is 0 Å². The first kappa shape index (κ1) is 16.6. The molecule has 1 amide bonds. The molecule has 2 aromatic carbocycles. The van der Waals surface area contributed by atoms with Crippen LogP contribution in [0.15, 0.2) is 48.5 Å². The lowest BCUT2D eigenvalue weighted by Crippen LogP contribution is -2.36. The van der Waals surface area contributed by atoms with Crippen LogP contribution < -0.4 is 0 Å². The average molecular weight is 400 g/mol. The van der Waals surface area contributed by atoms with Gasteiger partial charge in [-0.2, -0.15) is 0 Å². The maximum absolute atomic E-state index is 12.6. The highest BCUT2D eigenvalue weighted by molar-refractivity contribution is 9.09. The van der Waals surface area contributed by atoms with Gasteiger partial charge in [-0.25, -0.2) is 4.79 Å². The minimum Gasteiger partial charge on any atom is -0.448 e. The number of fused-ring (bicyclic) bond motifs is 3. The van der Waals surface area contributed by atoms with Gasteiger partial charge in [0.1, 0.15) is 6.61 Å². The number of rotatable bonds is 4. The Morgan fingerprint density at radius 3 is 2.36 bits per heavy atom. The van der Waals surface area contributed by atoms with Crippen molar-refractivity contribution in [2.45, 2.75) is 31.2 Å². The fourth-order valence-electron chi connectivity index (χ4n) is 4.18. The number of amides is 1. The molecule has 0 radical (unpaired) electrons. The molecule has 3 nitrogen and oxygen atoms in total. The van der Waals surface area contributed by atoms with Crippen molar-refractivity contribution in [3.05, 3.63) is 59.7 Å². The standard InChI is InChI=1S/C21H22BrNO2/c22-12-11-15-6-5-13-23(15)21(24)25-14-20-18-9-3-1-7-16(18)17-8-2-4-10-19(17)20/h1-4,7-10,15,20H,5-6,11-14H2/t15-/m0/s1. The Balaban J connectivity index is 1.51. The summed E-state index contributed by atoms with van der Waals surface area (Å²) in [6.07, 6.45) is 2.98. The second-order valence-electron chi connectivity index (χ2n) is 6.77. The van der Waals surface area contributed by atoms with Crippen molar-refractivity contribution in [3.63, 3.8) is 0 Å². The summed E-state index contributed by atoms with van der Waals surface area (Å²) in [5.74, 6) is 0.133. The molecule has 0 bridgehead atoms. The van der Waals surface area contributed by atoms with Crippen LogP contribution in [0.2, 0.25) is 0 Å². The Morgan fingerprint density at radius 1 is 1.08 bits per heavy atom. The highest BCUT2D eigenvalue weighted by Crippen LogP contribution is 2.44. The number of carbonyl (C=O) groups is 1. The fourth-order valence-corrected chi connectivity index (χ4v) is 4.71. The van der Waals surface area contributed by atoms with Crippen LogP contribution >= 0.6 is 15.9 Å². The molecule has 2 aliphatic rings. The summed E-state index contributed by atoms with van der Waals surface area (Å²) in [4.78, 5) is 14.5. The van der Waals surface area contributed by atoms with Crippen molar-refractivity contribution < 1.29 is 9.53 Å². The van der Waals surface area contributed by atoms with E-state index in [2.05, 4.69) is 64.5 Å². The zero-order valence-corrected chi connectivity index (χ0v) is 15.7. The topological polar surface area (TPSA) is 29.5 Å². The van der Waals surface area contributed by atoms with Gasteiger partial charge in [0.2, 0.25) is 0 Å². The Hall–Kier alpha value is -1.81. The molecule has 0 unspecified atom stereocenters. The third kappa shape index (κ3) is 3.08. The monoisotopic (exact) mass is 399 g/mol. The molecule has 1 saturated heterocycles. The molecule has 130 valence electrons. The molecule has 0 aromatic heterocycles. The van der Waals surface area contributed by atoms with E-state index in [1.54, 1.807) is 0 Å². The zero-order valence-electron chi connectivity index (χ0n) is 14.2. The molecule has 1 aliphatic carbocycles. The number of likely N-dealkylation sites (tertiary alicyclic amines) is 1. The molecule has 0 saturated carbocycles. The Kier molecular flexibility index (Phi) is 4.80. The summed E-state index contributed by atoms with van der Waals surface area (Å²) in [7, 11) is 0. The van der Waals surface area contributed by atoms with Gasteiger partial charge in [0.25, 0.3) is 0 Å². The Bertz CT molecular complexity index is 730. The number of nitrogens with zero attached hydrogens (tertiary/aromatic N) is 1. The molecule has 0 spiro atoms. The van der Waals surface area contributed by atoms with Gasteiger partial charge in [-0.05, 0) is 41.5 Å². The zero-order chi connectivity index (χ0) is 17.2. The number of ether oxygens (including phenoxy) is 1. The van der Waals surface area contributed by atoms with Crippen LogP contribution in [0.5, 0.6) is 0 Å². The summed E-state index contributed by atoms with van der Waals surface area (Å²) < 4.78 is 5.77. The summed E-state index contributed by atoms with van der Waals surface area (Å²) in [5, 5.41) is 0.921. The first-order valence-corrected chi connectivity index (χ1v) is 10.1. The van der Waals surface area contributed by atoms with Crippen LogP contribution in [0.25, 0.3) is 11.1 Å². The van der Waals surface area contributed by atoms with E-state index in [9.17, 15) is 4.79 Å². The van der Waals surface area contributed by atoms with E-state index in [-0.39, 0.29) is 12.0 Å². The molecule has 1 aliphatic heterocycles. The molecule has 25 heavy (non-hydrogen) atoms. The van der Waals surface area contributed by atoms with E-state index >= 15 is 0 Å². The number of benzene rings is 2. The van der Waals surface area contributed by atoms with Crippen molar-refractivity contribution in [2.24, 2.45) is 0 Å². The van der Waals surface area contributed by atoms with E-state index in [1.807, 2.05) is 4.90 Å². The summed E-state index contributed by atoms with van der Waals surface area (Å²) in [6.45, 7) is 1.22. The number of hydrogen-bond acceptors (Lipinski definition) is 2. The molecule has 2 aromatic rings. The van der Waals surface area contributed by atoms with Gasteiger partial charge in [-0.3, -0.25) is 0 Å². The third-order valence-electron chi connectivity index (χ3n) is 5.39. The van der Waals surface area contributed by atoms with Crippen LogP contribution in [0.1, 0.15) is 36.3 Å². The van der Waals surface area contributed by atoms with Crippen LogP contribution in [-0.2, 0) is 4.74 Å². The fraction of sp³-hybridized carbons (Fsp3) is 0.381. The predicted octanol–water partition coefficient (Wildman–Crippen LogP) is 5.18. The van der Waals surface area contributed by atoms with Gasteiger partial charge in [0, 0.05) is 23.8 Å². The normalized spacial score (nSPS) is 18.9. The number of hydrogen-bond donors (Lipinski definition) is 0. The summed E-state index contributed by atoms with van der Waals surface area (Å²) >= 11 is 3.49. The Morgan fingerprint density at radius 2 is 1.72 bits per heavy atom. The van der Waals surface area contributed by atoms with Gasteiger partial charge in [-0.1, -0.05) is 64.5 Å². The van der Waals surface area contributed by atoms with Gasteiger partial charge < -0.3 is 9.64 Å². The quantitative estimate of drug-likeness (QED) is 0.662. The number of alkyl halides is 1. The summed E-state index contributed by atoms with van der Waals surface area (Å²) in [5.41, 5.74) is 5.04. The van der Waals surface area contributed by atoms with Crippen LogP contribution in [-0.4, -0.2) is 35.5 Å². The van der Waals surface area contributed by atoms with Crippen LogP contribution in [0.4, 0.5) is 4.79 Å². The summed E-state index contributed by atoms with van der Waals surface area (Å²) in [6, 6.07) is 17.2. The number of carbonyl (C=O) groups excluding carboxylic acids is 1. The highest BCUT2D eigenvalue weighted by Gasteiger charge is 2.32. The molecule has 4 rings (SSSR count). The van der Waals surface area contributed by atoms with Gasteiger partial charge in [0.05, 0.1) is 0 Å². The van der Waals surface area contributed by atoms with E-state index in [0.29, 0.717) is 12.6 Å². The highest BCUT2D eigenvalue weighted by atomic mass is 79.9. The maximum Gasteiger partial charge on any atom is 0.410 e. The lowest BCUT2D eigenvalue weighted by Gasteiger charge is -2.24. The first-order chi connectivity index (χ1) is 12.3. The second kappa shape index (κ2) is 7.20. The lowest BCUT2D eigenvalue weighted by atomic mass is 9.98. The molecule has 0 N–H and O–H groups in total. The van der Waals surface area contributed by atoms with Crippen molar-refractivity contribution in [1.29, 1.82) is 0 Å². The van der Waals surface area contributed by atoms with Crippen molar-refractivity contribution in [3.8, 4) is 11.1 Å². The van der Waals surface area contributed by atoms with Gasteiger partial charge >= 0.3 is 6.09 Å². The van der Waals surface area contributed by atoms with E-state index in [1.165, 1.54) is 22.3 Å². The van der Waals surface area contributed by atoms with Crippen LogP contribution in [0.3, 0.4) is 0 Å². The van der Waals surface area contributed by atoms with Crippen molar-refractivity contribution in [1.82, 2.24) is 4.90 Å². The predicted molar refractivity (Wildman–Crippen MR) is 103 cm³/mol. The van der Waals surface area contributed by atoms with Crippen molar-refractivity contribution >= 4 is 22.0 Å². The van der Waals surface area contributed by atoms with Crippen molar-refractivity contribution in [2.75, 3.05) is 18.5 Å². The molecular weight excluding hydrogens is 378 g/mol. The van der Waals surface area contributed by atoms with E-state index < -0.39 is 0 Å². The maximum atomic E-state index is 12.6. The molecular formula is C21H22BrNO2. The largest absolute Gasteiger partial charge is 0.448 e. The lowest BCUT2D eigenvalue weighted by molar-refractivity contribution is 0.0952. The molecule has 1 atom stereocenters. The van der Waals surface area contributed by atoms with Crippen LogP contribution in [0, 0.1) is 0 Å². The SMILES string of the molecule is O=C(OCC1c2ccccc2-c2ccccc21)N1CCC[C@H]1CCBr. The average Bonchev–Trinajstić information content (AvgIpc) is 3.23. The molecule has 1 fully saturated rings. The Labute approximate surface area is 157 Å². The first-order valence-electron chi connectivity index (χ1n) is 8.97.